The molecule has 2 aliphatic heterocycles. The zero-order valence-electron chi connectivity index (χ0n) is 14.7. The summed E-state index contributed by atoms with van der Waals surface area (Å²) < 4.78 is 0. The van der Waals surface area contributed by atoms with Crippen LogP contribution in [0.25, 0.3) is 0 Å². The minimum atomic E-state index is 0.927. The Hall–Kier alpha value is 0.180. The average molecular weight is 359 g/mol. The fourth-order valence-corrected chi connectivity index (χ4v) is 11.3. The topological polar surface area (TPSA) is 0 Å². The third-order valence-corrected chi connectivity index (χ3v) is 11.9. The summed E-state index contributed by atoms with van der Waals surface area (Å²) in [7, 11) is 0. The minimum absolute atomic E-state index is 0.927. The van der Waals surface area contributed by atoms with Gasteiger partial charge in [0.15, 0.2) is 0 Å². The van der Waals surface area contributed by atoms with E-state index in [0.29, 0.717) is 0 Å². The third kappa shape index (κ3) is 2.27. The van der Waals surface area contributed by atoms with Crippen molar-refractivity contribution in [3.8, 4) is 0 Å². The van der Waals surface area contributed by atoms with Gasteiger partial charge in [0.2, 0.25) is 0 Å². The van der Waals surface area contributed by atoms with Crippen LogP contribution in [0.2, 0.25) is 0 Å². The lowest BCUT2D eigenvalue weighted by Crippen LogP contribution is -2.35. The lowest BCUT2D eigenvalue weighted by atomic mass is 9.67. The molecule has 6 rings (SSSR count). The van der Waals surface area contributed by atoms with Crippen molar-refractivity contribution in [1.82, 2.24) is 0 Å². The Morgan fingerprint density at radius 2 is 1.58 bits per heavy atom. The van der Waals surface area contributed by atoms with E-state index in [1.807, 2.05) is 10.5 Å². The van der Waals surface area contributed by atoms with Gasteiger partial charge in [-0.1, -0.05) is 25.0 Å². The quantitative estimate of drug-likeness (QED) is 0.457. The van der Waals surface area contributed by atoms with E-state index in [-0.39, 0.29) is 0 Å². The first kappa shape index (κ1) is 15.3. The molecule has 0 aromatic rings. The second-order valence-electron chi connectivity index (χ2n) is 9.44. The second kappa shape index (κ2) is 5.84. The van der Waals surface area contributed by atoms with Gasteiger partial charge in [0.1, 0.15) is 0 Å². The van der Waals surface area contributed by atoms with E-state index in [0.717, 1.165) is 45.3 Å². The van der Waals surface area contributed by atoms with Crippen molar-refractivity contribution in [2.75, 3.05) is 0 Å². The molecule has 2 saturated carbocycles. The molecule has 0 radical (unpaired) electrons. The lowest BCUT2D eigenvalue weighted by molar-refractivity contribution is 0.186. The molecule has 6 aliphatic rings. The zero-order chi connectivity index (χ0) is 15.7. The molecule has 0 spiro atoms. The molecule has 1 saturated heterocycles. The maximum Gasteiger partial charge on any atom is 0.0395 e. The SMILES string of the molecule is C1=CC[C@H]2C[C@H]3SC4C5=C(CC6CCCC[C@@H]6C5)SC4C3CC2C1. The van der Waals surface area contributed by atoms with Crippen LogP contribution in [0.5, 0.6) is 0 Å². The van der Waals surface area contributed by atoms with Crippen molar-refractivity contribution in [1.29, 1.82) is 0 Å². The molecule has 0 bridgehead atoms. The standard InChI is InChI=1S/C22H30S2/c1-3-7-15-11-19-17(9-13(15)5-1)21-22(23-19)18-10-14-6-2-4-8-16(14)12-20(18)24-21/h1,3,13-17,19,21-22H,2,4-12H2/t13?,14-,15+,16?,17?,19-,21?,22?/m1/s1. The lowest BCUT2D eigenvalue weighted by Gasteiger charge is -2.41. The normalized spacial score (nSPS) is 52.3. The largest absolute Gasteiger partial charge is 0.149 e. The molecule has 130 valence electrons. The molecule has 4 aliphatic carbocycles. The van der Waals surface area contributed by atoms with Crippen molar-refractivity contribution in [3.63, 3.8) is 0 Å². The highest BCUT2D eigenvalue weighted by molar-refractivity contribution is 8.07. The van der Waals surface area contributed by atoms with Crippen LogP contribution in [0.3, 0.4) is 0 Å². The summed E-state index contributed by atoms with van der Waals surface area (Å²) >= 11 is 4.83. The third-order valence-electron chi connectivity index (χ3n) is 8.32. The maximum absolute atomic E-state index is 2.48. The van der Waals surface area contributed by atoms with Crippen LogP contribution in [0.1, 0.15) is 64.2 Å². The van der Waals surface area contributed by atoms with E-state index in [1.165, 1.54) is 57.8 Å². The zero-order valence-corrected chi connectivity index (χ0v) is 16.3. The number of rotatable bonds is 0. The van der Waals surface area contributed by atoms with E-state index in [1.54, 1.807) is 6.42 Å². The van der Waals surface area contributed by atoms with Crippen LogP contribution < -0.4 is 0 Å². The van der Waals surface area contributed by atoms with E-state index in [9.17, 15) is 0 Å². The molecular weight excluding hydrogens is 328 g/mol. The molecule has 2 heteroatoms. The van der Waals surface area contributed by atoms with Crippen LogP contribution in [0.4, 0.5) is 0 Å². The van der Waals surface area contributed by atoms with Crippen molar-refractivity contribution in [2.45, 2.75) is 80.0 Å². The van der Waals surface area contributed by atoms with Crippen LogP contribution in [0, 0.1) is 29.6 Å². The summed E-state index contributed by atoms with van der Waals surface area (Å²) in [5.74, 6) is 5.20. The Morgan fingerprint density at radius 1 is 0.833 bits per heavy atom. The summed E-state index contributed by atoms with van der Waals surface area (Å²) in [5.41, 5.74) is 1.97. The number of hydrogen-bond donors (Lipinski definition) is 0. The molecule has 0 nitrogen and oxygen atoms in total. The molecule has 24 heavy (non-hydrogen) atoms. The molecule has 0 aromatic carbocycles. The Bertz CT molecular complexity index is 591. The smallest absolute Gasteiger partial charge is 0.0395 e. The Morgan fingerprint density at radius 3 is 2.42 bits per heavy atom. The van der Waals surface area contributed by atoms with Gasteiger partial charge in [-0.25, -0.2) is 0 Å². The van der Waals surface area contributed by atoms with E-state index >= 15 is 0 Å². The second-order valence-corrected chi connectivity index (χ2v) is 12.1. The van der Waals surface area contributed by atoms with Gasteiger partial charge in [0.25, 0.3) is 0 Å². The van der Waals surface area contributed by atoms with Crippen LogP contribution in [-0.2, 0) is 0 Å². The van der Waals surface area contributed by atoms with Crippen molar-refractivity contribution in [2.24, 2.45) is 29.6 Å². The fourth-order valence-electron chi connectivity index (χ4n) is 7.05. The Labute approximate surface area is 155 Å². The highest BCUT2D eigenvalue weighted by atomic mass is 32.2. The molecule has 3 fully saturated rings. The highest BCUT2D eigenvalue weighted by Crippen LogP contribution is 2.64. The monoisotopic (exact) mass is 358 g/mol. The summed E-state index contributed by atoms with van der Waals surface area (Å²) in [6, 6.07) is 0. The molecule has 0 aromatic heterocycles. The Kier molecular flexibility index (Phi) is 3.71. The van der Waals surface area contributed by atoms with E-state index < -0.39 is 0 Å². The molecule has 8 atom stereocenters. The van der Waals surface area contributed by atoms with Gasteiger partial charge in [0.05, 0.1) is 0 Å². The van der Waals surface area contributed by atoms with Gasteiger partial charge in [0, 0.05) is 15.7 Å². The van der Waals surface area contributed by atoms with Crippen molar-refractivity contribution >= 4 is 23.5 Å². The maximum atomic E-state index is 2.48. The predicted molar refractivity (Wildman–Crippen MR) is 106 cm³/mol. The molecule has 0 N–H and O–H groups in total. The first-order chi connectivity index (χ1) is 11.9. The fraction of sp³-hybridized carbons (Fsp3) is 0.818. The van der Waals surface area contributed by atoms with E-state index in [2.05, 4.69) is 35.7 Å². The summed E-state index contributed by atoms with van der Waals surface area (Å²) in [5, 5.41) is 2.89. The average Bonchev–Trinajstić information content (AvgIpc) is 3.13. The predicted octanol–water partition coefficient (Wildman–Crippen LogP) is 6.43. The van der Waals surface area contributed by atoms with Gasteiger partial charge in [-0.15, -0.1) is 23.5 Å². The van der Waals surface area contributed by atoms with Gasteiger partial charge in [-0.3, -0.25) is 0 Å². The number of hydrogen-bond acceptors (Lipinski definition) is 2. The summed E-state index contributed by atoms with van der Waals surface area (Å²) in [6.45, 7) is 0. The summed E-state index contributed by atoms with van der Waals surface area (Å²) in [4.78, 5) is 1.89. The Balaban J connectivity index is 1.24. The van der Waals surface area contributed by atoms with Crippen LogP contribution >= 0.6 is 23.5 Å². The number of fused-ring (bicyclic) bond motifs is 6. The van der Waals surface area contributed by atoms with Gasteiger partial charge < -0.3 is 0 Å². The van der Waals surface area contributed by atoms with Crippen molar-refractivity contribution < 1.29 is 0 Å². The highest BCUT2D eigenvalue weighted by Gasteiger charge is 2.54. The molecular formula is C22H30S2. The van der Waals surface area contributed by atoms with E-state index in [4.69, 9.17) is 0 Å². The molecule has 0 amide bonds. The number of thioether (sulfide) groups is 2. The van der Waals surface area contributed by atoms with Gasteiger partial charge in [-0.05, 0) is 91.4 Å². The summed E-state index contributed by atoms with van der Waals surface area (Å²) in [6.07, 6.45) is 19.9. The van der Waals surface area contributed by atoms with Crippen LogP contribution in [0.15, 0.2) is 22.6 Å². The minimum Gasteiger partial charge on any atom is -0.149 e. The first-order valence-electron chi connectivity index (χ1n) is 10.6. The number of allylic oxidation sites excluding steroid dienone is 3. The van der Waals surface area contributed by atoms with Gasteiger partial charge in [-0.2, -0.15) is 0 Å². The van der Waals surface area contributed by atoms with Gasteiger partial charge >= 0.3 is 0 Å². The van der Waals surface area contributed by atoms with Crippen molar-refractivity contribution in [3.05, 3.63) is 22.6 Å². The first-order valence-corrected chi connectivity index (χ1v) is 12.4. The molecule has 2 heterocycles. The van der Waals surface area contributed by atoms with Crippen LogP contribution in [-0.4, -0.2) is 15.7 Å². The molecule has 5 unspecified atom stereocenters.